The van der Waals surface area contributed by atoms with Gasteiger partial charge < -0.3 is 19.3 Å². The van der Waals surface area contributed by atoms with E-state index in [1.807, 2.05) is 36.5 Å². The standard InChI is InChI=1S/C36H63O8P/c1-3-5-7-9-11-13-15-17-19-20-22-24-26-28-30-35(37)42-32-34(33-43-45(39,40)41)44-36(38)31-29-27-25-23-21-18-16-14-12-10-8-6-4-2/h6,8,10,12,14,16,18,21,34H,3-5,7,9,11,13,15,17,19-20,22-33H2,1-2H3,(H2,39,40,41)/b8-6+,12-10+,16-14+,21-18+. The van der Waals surface area contributed by atoms with Gasteiger partial charge in [-0.25, -0.2) is 4.57 Å². The Kier molecular flexibility index (Phi) is 30.6. The highest BCUT2D eigenvalue weighted by molar-refractivity contribution is 7.46. The van der Waals surface area contributed by atoms with E-state index in [1.165, 1.54) is 70.6 Å². The number of carbonyl (C=O) groups is 2. The van der Waals surface area contributed by atoms with Crippen LogP contribution in [0, 0.1) is 0 Å². The fraction of sp³-hybridized carbons (Fsp3) is 0.722. The second-order valence-corrected chi connectivity index (χ2v) is 12.8. The van der Waals surface area contributed by atoms with Crippen LogP contribution in [-0.4, -0.2) is 41.0 Å². The Morgan fingerprint density at radius 3 is 1.60 bits per heavy atom. The van der Waals surface area contributed by atoms with Crippen molar-refractivity contribution in [2.24, 2.45) is 0 Å². The molecule has 0 amide bonds. The summed E-state index contributed by atoms with van der Waals surface area (Å²) in [5.41, 5.74) is 0. The minimum absolute atomic E-state index is 0.166. The Labute approximate surface area is 274 Å². The SMILES string of the molecule is CC/C=C/C=C/C=C/C=C/CCCCCC(=O)OC(COC(=O)CCCCCCCCCCCCCCCC)COP(=O)(O)O. The van der Waals surface area contributed by atoms with Gasteiger partial charge in [0.25, 0.3) is 0 Å². The van der Waals surface area contributed by atoms with Crippen molar-refractivity contribution >= 4 is 19.8 Å². The van der Waals surface area contributed by atoms with Gasteiger partial charge in [0.1, 0.15) is 6.61 Å². The largest absolute Gasteiger partial charge is 0.469 e. The molecule has 9 heteroatoms. The van der Waals surface area contributed by atoms with Gasteiger partial charge in [-0.15, -0.1) is 0 Å². The third-order valence-corrected chi connectivity index (χ3v) is 7.69. The smallest absolute Gasteiger partial charge is 0.462 e. The highest BCUT2D eigenvalue weighted by atomic mass is 31.2. The monoisotopic (exact) mass is 654 g/mol. The fourth-order valence-corrected chi connectivity index (χ4v) is 4.98. The predicted octanol–water partition coefficient (Wildman–Crippen LogP) is 10.0. The zero-order chi connectivity index (χ0) is 33.3. The summed E-state index contributed by atoms with van der Waals surface area (Å²) < 4.78 is 26.2. The van der Waals surface area contributed by atoms with Crippen molar-refractivity contribution in [3.63, 3.8) is 0 Å². The van der Waals surface area contributed by atoms with Crippen LogP contribution in [0.2, 0.25) is 0 Å². The normalized spacial score (nSPS) is 13.1. The first-order valence-electron chi connectivity index (χ1n) is 17.5. The molecule has 0 spiro atoms. The average molecular weight is 655 g/mol. The van der Waals surface area contributed by atoms with E-state index in [4.69, 9.17) is 19.3 Å². The zero-order valence-electron chi connectivity index (χ0n) is 28.3. The summed E-state index contributed by atoms with van der Waals surface area (Å²) in [5, 5.41) is 0. The molecule has 8 nitrogen and oxygen atoms in total. The van der Waals surface area contributed by atoms with Crippen molar-refractivity contribution in [1.29, 1.82) is 0 Å². The molecule has 2 N–H and O–H groups in total. The lowest BCUT2D eigenvalue weighted by Crippen LogP contribution is -2.29. The summed E-state index contributed by atoms with van der Waals surface area (Å²) in [5.74, 6) is -0.932. The molecular formula is C36H63O8P. The number of ether oxygens (including phenoxy) is 2. The molecule has 0 aromatic heterocycles. The van der Waals surface area contributed by atoms with Gasteiger partial charge in [0.15, 0.2) is 6.10 Å². The summed E-state index contributed by atoms with van der Waals surface area (Å²) in [6.07, 6.45) is 36.9. The molecule has 0 saturated heterocycles. The molecule has 1 atom stereocenters. The van der Waals surface area contributed by atoms with E-state index in [0.29, 0.717) is 6.42 Å². The van der Waals surface area contributed by atoms with Gasteiger partial charge in [-0.1, -0.05) is 152 Å². The molecule has 1 unspecified atom stereocenters. The summed E-state index contributed by atoms with van der Waals surface area (Å²) in [6.45, 7) is 3.49. The molecule has 0 radical (unpaired) electrons. The highest BCUT2D eigenvalue weighted by Gasteiger charge is 2.22. The van der Waals surface area contributed by atoms with Crippen molar-refractivity contribution in [1.82, 2.24) is 0 Å². The van der Waals surface area contributed by atoms with Crippen molar-refractivity contribution in [2.45, 2.75) is 155 Å². The Morgan fingerprint density at radius 1 is 0.600 bits per heavy atom. The third kappa shape index (κ3) is 34.7. The number of allylic oxidation sites excluding steroid dienone is 8. The molecule has 0 aromatic carbocycles. The number of hydrogen-bond acceptors (Lipinski definition) is 6. The first-order chi connectivity index (χ1) is 21.8. The molecule has 0 bridgehead atoms. The molecule has 0 aromatic rings. The van der Waals surface area contributed by atoms with Crippen LogP contribution in [0.15, 0.2) is 48.6 Å². The van der Waals surface area contributed by atoms with E-state index in [9.17, 15) is 14.2 Å². The molecule has 0 rings (SSSR count). The minimum Gasteiger partial charge on any atom is -0.462 e. The van der Waals surface area contributed by atoms with Crippen LogP contribution in [0.4, 0.5) is 0 Å². The molecular weight excluding hydrogens is 591 g/mol. The van der Waals surface area contributed by atoms with E-state index in [2.05, 4.69) is 30.5 Å². The molecule has 0 aliphatic carbocycles. The lowest BCUT2D eigenvalue weighted by Gasteiger charge is -2.18. The zero-order valence-corrected chi connectivity index (χ0v) is 29.1. The van der Waals surface area contributed by atoms with Crippen LogP contribution < -0.4 is 0 Å². The van der Waals surface area contributed by atoms with Crippen molar-refractivity contribution in [3.8, 4) is 0 Å². The van der Waals surface area contributed by atoms with Crippen LogP contribution in [0.1, 0.15) is 149 Å². The van der Waals surface area contributed by atoms with Gasteiger partial charge in [-0.3, -0.25) is 14.1 Å². The van der Waals surface area contributed by atoms with E-state index >= 15 is 0 Å². The lowest BCUT2D eigenvalue weighted by molar-refractivity contribution is -0.161. The first-order valence-corrected chi connectivity index (χ1v) is 19.0. The molecule has 0 aliphatic rings. The maximum atomic E-state index is 12.3. The predicted molar refractivity (Wildman–Crippen MR) is 184 cm³/mol. The van der Waals surface area contributed by atoms with Crippen molar-refractivity contribution in [2.75, 3.05) is 13.2 Å². The first kappa shape index (κ1) is 43.0. The summed E-state index contributed by atoms with van der Waals surface area (Å²) in [4.78, 5) is 42.6. The van der Waals surface area contributed by atoms with Gasteiger partial charge in [-0.2, -0.15) is 0 Å². The quantitative estimate of drug-likeness (QED) is 0.0328. The highest BCUT2D eigenvalue weighted by Crippen LogP contribution is 2.35. The number of hydrogen-bond donors (Lipinski definition) is 2. The Bertz CT molecular complexity index is 874. The Hall–Kier alpha value is -1.99. The van der Waals surface area contributed by atoms with E-state index in [1.54, 1.807) is 0 Å². The van der Waals surface area contributed by atoms with Crippen molar-refractivity contribution < 1.29 is 37.9 Å². The molecule has 260 valence electrons. The topological polar surface area (TPSA) is 119 Å². The molecule has 45 heavy (non-hydrogen) atoms. The van der Waals surface area contributed by atoms with E-state index in [0.717, 1.165) is 44.9 Å². The van der Waals surface area contributed by atoms with Crippen LogP contribution in [0.5, 0.6) is 0 Å². The van der Waals surface area contributed by atoms with E-state index < -0.39 is 32.5 Å². The van der Waals surface area contributed by atoms with Gasteiger partial charge >= 0.3 is 19.8 Å². The molecule has 0 heterocycles. The van der Waals surface area contributed by atoms with Crippen LogP contribution >= 0.6 is 7.82 Å². The maximum absolute atomic E-state index is 12.3. The molecule has 0 saturated carbocycles. The number of unbranched alkanes of at least 4 members (excludes halogenated alkanes) is 16. The van der Waals surface area contributed by atoms with Crippen molar-refractivity contribution in [3.05, 3.63) is 48.6 Å². The number of carbonyl (C=O) groups excluding carboxylic acids is 2. The summed E-state index contributed by atoms with van der Waals surface area (Å²) >= 11 is 0. The second kappa shape index (κ2) is 32.0. The van der Waals surface area contributed by atoms with Crippen LogP contribution in [0.25, 0.3) is 0 Å². The van der Waals surface area contributed by atoms with Gasteiger partial charge in [0.2, 0.25) is 0 Å². The summed E-state index contributed by atoms with van der Waals surface area (Å²) in [7, 11) is -4.76. The fourth-order valence-electron chi connectivity index (χ4n) is 4.62. The third-order valence-electron chi connectivity index (χ3n) is 7.21. The molecule has 0 aliphatic heterocycles. The summed E-state index contributed by atoms with van der Waals surface area (Å²) in [6, 6.07) is 0. The maximum Gasteiger partial charge on any atom is 0.469 e. The average Bonchev–Trinajstić information content (AvgIpc) is 3.00. The Morgan fingerprint density at radius 2 is 1.07 bits per heavy atom. The number of esters is 2. The van der Waals surface area contributed by atoms with Gasteiger partial charge in [-0.05, 0) is 32.1 Å². The number of phosphoric ester groups is 1. The van der Waals surface area contributed by atoms with Crippen LogP contribution in [-0.2, 0) is 28.2 Å². The molecule has 0 fully saturated rings. The van der Waals surface area contributed by atoms with Crippen LogP contribution in [0.3, 0.4) is 0 Å². The second-order valence-electron chi connectivity index (χ2n) is 11.6. The lowest BCUT2D eigenvalue weighted by atomic mass is 10.0. The van der Waals surface area contributed by atoms with Gasteiger partial charge in [0.05, 0.1) is 6.61 Å². The number of phosphoric acid groups is 1. The van der Waals surface area contributed by atoms with Gasteiger partial charge in [0, 0.05) is 12.8 Å². The van der Waals surface area contributed by atoms with E-state index in [-0.39, 0.29) is 19.4 Å². The Balaban J connectivity index is 4.06. The minimum atomic E-state index is -4.76. The number of rotatable bonds is 31.